The average Bonchev–Trinajstić information content (AvgIpc) is 2.70. The van der Waals surface area contributed by atoms with Gasteiger partial charge in [-0.3, -0.25) is 4.79 Å². The summed E-state index contributed by atoms with van der Waals surface area (Å²) in [7, 11) is 0. The Hall–Kier alpha value is -2.93. The Morgan fingerprint density at radius 2 is 0.968 bits per heavy atom. The fraction of sp³-hybridized carbons (Fsp3) is 0.300. The van der Waals surface area contributed by atoms with Crippen molar-refractivity contribution < 1.29 is 4.79 Å². The van der Waals surface area contributed by atoms with Crippen LogP contribution in [-0.4, -0.2) is 6.29 Å². The van der Waals surface area contributed by atoms with Gasteiger partial charge in [0.25, 0.3) is 0 Å². The number of aldehydes is 1. The van der Waals surface area contributed by atoms with Gasteiger partial charge in [0, 0.05) is 0 Å². The Kier molecular flexibility index (Phi) is 16.2. The van der Waals surface area contributed by atoms with Crippen LogP contribution in [0.5, 0.6) is 0 Å². The van der Waals surface area contributed by atoms with Gasteiger partial charge in [-0.1, -0.05) is 113 Å². The first kappa shape index (κ1) is 28.1. The SMILES string of the molecule is CC(C)=CCC\C(C)=C/C=C/C(C)=C/C=C/C(C)=C/C=C/C=C(C)\C=C\C=C(/C)C=O. The summed E-state index contributed by atoms with van der Waals surface area (Å²) in [5.74, 6) is 0. The van der Waals surface area contributed by atoms with E-state index in [1.54, 1.807) is 13.0 Å². The highest BCUT2D eigenvalue weighted by Gasteiger charge is 1.87. The highest BCUT2D eigenvalue weighted by molar-refractivity contribution is 5.72. The summed E-state index contributed by atoms with van der Waals surface area (Å²) < 4.78 is 0. The van der Waals surface area contributed by atoms with Gasteiger partial charge in [0.2, 0.25) is 0 Å². The quantitative estimate of drug-likeness (QED) is 0.134. The third kappa shape index (κ3) is 18.8. The zero-order chi connectivity index (χ0) is 23.5. The van der Waals surface area contributed by atoms with E-state index in [2.05, 4.69) is 83.2 Å². The number of rotatable bonds is 12. The molecule has 0 unspecified atom stereocenters. The molecule has 0 amide bonds. The molecular weight excluding hydrogens is 376 g/mol. The van der Waals surface area contributed by atoms with E-state index in [1.165, 1.54) is 22.3 Å². The summed E-state index contributed by atoms with van der Waals surface area (Å²) in [6.07, 6.45) is 32.0. The Labute approximate surface area is 191 Å². The van der Waals surface area contributed by atoms with Gasteiger partial charge >= 0.3 is 0 Å². The minimum Gasteiger partial charge on any atom is -0.298 e. The number of carbonyl (C=O) groups excluding carboxylic acids is 1. The Morgan fingerprint density at radius 1 is 0.548 bits per heavy atom. The molecule has 0 atom stereocenters. The molecule has 0 radical (unpaired) electrons. The maximum Gasteiger partial charge on any atom is 0.145 e. The van der Waals surface area contributed by atoms with E-state index in [9.17, 15) is 4.79 Å². The van der Waals surface area contributed by atoms with Crippen LogP contribution >= 0.6 is 0 Å². The van der Waals surface area contributed by atoms with Crippen molar-refractivity contribution in [2.45, 2.75) is 61.3 Å². The van der Waals surface area contributed by atoms with Crippen LogP contribution in [0.2, 0.25) is 0 Å². The van der Waals surface area contributed by atoms with Gasteiger partial charge in [0.1, 0.15) is 6.29 Å². The lowest BCUT2D eigenvalue weighted by Crippen LogP contribution is -1.76. The van der Waals surface area contributed by atoms with Crippen LogP contribution in [0.1, 0.15) is 61.3 Å². The molecule has 166 valence electrons. The molecular formula is C30H40O. The van der Waals surface area contributed by atoms with E-state index < -0.39 is 0 Å². The van der Waals surface area contributed by atoms with Crippen LogP contribution in [0.4, 0.5) is 0 Å². The second kappa shape index (κ2) is 17.9. The summed E-state index contributed by atoms with van der Waals surface area (Å²) in [5, 5.41) is 0. The molecule has 0 heterocycles. The maximum absolute atomic E-state index is 10.5. The first-order valence-corrected chi connectivity index (χ1v) is 10.9. The Morgan fingerprint density at radius 3 is 1.42 bits per heavy atom. The van der Waals surface area contributed by atoms with Crippen LogP contribution in [0, 0.1) is 0 Å². The van der Waals surface area contributed by atoms with Gasteiger partial charge in [0.05, 0.1) is 0 Å². The Bertz CT molecular complexity index is 852. The predicted molar refractivity (Wildman–Crippen MR) is 140 cm³/mol. The second-order valence-corrected chi connectivity index (χ2v) is 8.06. The summed E-state index contributed by atoms with van der Waals surface area (Å²) in [6, 6.07) is 0. The van der Waals surface area contributed by atoms with Crippen molar-refractivity contribution in [1.29, 1.82) is 0 Å². The van der Waals surface area contributed by atoms with Gasteiger partial charge in [-0.15, -0.1) is 0 Å². The van der Waals surface area contributed by atoms with Crippen molar-refractivity contribution in [1.82, 2.24) is 0 Å². The maximum atomic E-state index is 10.5. The van der Waals surface area contributed by atoms with E-state index in [0.717, 1.165) is 24.7 Å². The predicted octanol–water partition coefficient (Wildman–Crippen LogP) is 8.89. The zero-order valence-corrected chi connectivity index (χ0v) is 20.5. The summed E-state index contributed by atoms with van der Waals surface area (Å²) in [5.41, 5.74) is 7.02. The van der Waals surface area contributed by atoms with Crippen molar-refractivity contribution in [2.75, 3.05) is 0 Å². The fourth-order valence-electron chi connectivity index (χ4n) is 2.36. The number of hydrogen-bond donors (Lipinski definition) is 0. The monoisotopic (exact) mass is 416 g/mol. The Balaban J connectivity index is 4.62. The van der Waals surface area contributed by atoms with Gasteiger partial charge in [-0.25, -0.2) is 0 Å². The molecule has 0 aliphatic rings. The van der Waals surface area contributed by atoms with Crippen LogP contribution in [-0.2, 0) is 4.79 Å². The summed E-state index contributed by atoms with van der Waals surface area (Å²) in [6.45, 7) is 14.5. The normalized spacial score (nSPS) is 15.1. The molecule has 0 aliphatic heterocycles. The van der Waals surface area contributed by atoms with Crippen LogP contribution in [0.3, 0.4) is 0 Å². The topological polar surface area (TPSA) is 17.1 Å². The molecule has 0 saturated heterocycles. The number of allylic oxidation sites excluding steroid dienone is 20. The lowest BCUT2D eigenvalue weighted by Gasteiger charge is -1.96. The van der Waals surface area contributed by atoms with Crippen molar-refractivity contribution in [3.8, 4) is 0 Å². The largest absolute Gasteiger partial charge is 0.298 e. The first-order valence-electron chi connectivity index (χ1n) is 10.9. The first-order chi connectivity index (χ1) is 14.7. The van der Waals surface area contributed by atoms with Gasteiger partial charge in [-0.05, 0) is 66.9 Å². The number of hydrogen-bond acceptors (Lipinski definition) is 1. The molecule has 0 aliphatic carbocycles. The van der Waals surface area contributed by atoms with E-state index in [0.29, 0.717) is 5.57 Å². The standard InChI is InChI=1S/C30H40O/c1-25(2)14-10-17-28(5)19-12-21-29(6)20-11-18-26(3)15-8-9-16-27(4)22-13-23-30(7)24-31/h8-9,11-16,18-24H,10,17H2,1-7H3/b9-8+,18-11+,21-12+,22-13+,26-15+,27-16-,28-19-,29-20+,30-23+. The van der Waals surface area contributed by atoms with Gasteiger partial charge in [-0.2, -0.15) is 0 Å². The third-order valence-electron chi connectivity index (χ3n) is 4.28. The fourth-order valence-corrected chi connectivity index (χ4v) is 2.36. The van der Waals surface area contributed by atoms with E-state index in [1.807, 2.05) is 37.3 Å². The molecule has 31 heavy (non-hydrogen) atoms. The minimum absolute atomic E-state index is 0.714. The van der Waals surface area contributed by atoms with E-state index >= 15 is 0 Å². The van der Waals surface area contributed by atoms with E-state index in [-0.39, 0.29) is 0 Å². The second-order valence-electron chi connectivity index (χ2n) is 8.06. The highest BCUT2D eigenvalue weighted by Crippen LogP contribution is 2.07. The molecule has 0 aromatic rings. The van der Waals surface area contributed by atoms with Gasteiger partial charge in [0.15, 0.2) is 0 Å². The molecule has 0 bridgehead atoms. The average molecular weight is 417 g/mol. The molecule has 0 rings (SSSR count). The molecule has 0 fully saturated rings. The smallest absolute Gasteiger partial charge is 0.145 e. The van der Waals surface area contributed by atoms with Crippen molar-refractivity contribution in [2.24, 2.45) is 0 Å². The lowest BCUT2D eigenvalue weighted by atomic mass is 10.1. The van der Waals surface area contributed by atoms with Gasteiger partial charge < -0.3 is 0 Å². The van der Waals surface area contributed by atoms with Crippen LogP contribution < -0.4 is 0 Å². The van der Waals surface area contributed by atoms with Crippen LogP contribution in [0.25, 0.3) is 0 Å². The van der Waals surface area contributed by atoms with E-state index in [4.69, 9.17) is 0 Å². The molecule has 0 saturated carbocycles. The third-order valence-corrected chi connectivity index (χ3v) is 4.28. The zero-order valence-electron chi connectivity index (χ0n) is 20.5. The summed E-state index contributed by atoms with van der Waals surface area (Å²) >= 11 is 0. The lowest BCUT2D eigenvalue weighted by molar-refractivity contribution is -0.104. The minimum atomic E-state index is 0.714. The summed E-state index contributed by atoms with van der Waals surface area (Å²) in [4.78, 5) is 10.5. The molecule has 0 aromatic carbocycles. The van der Waals surface area contributed by atoms with Crippen LogP contribution in [0.15, 0.2) is 119 Å². The molecule has 0 aromatic heterocycles. The van der Waals surface area contributed by atoms with Crippen molar-refractivity contribution in [3.63, 3.8) is 0 Å². The van der Waals surface area contributed by atoms with Crippen molar-refractivity contribution in [3.05, 3.63) is 119 Å². The molecule has 0 N–H and O–H groups in total. The highest BCUT2D eigenvalue weighted by atomic mass is 16.1. The number of carbonyl (C=O) groups is 1. The molecule has 1 nitrogen and oxygen atoms in total. The molecule has 0 spiro atoms. The molecule has 1 heteroatoms. The van der Waals surface area contributed by atoms with Crippen molar-refractivity contribution >= 4 is 6.29 Å².